The monoisotopic (exact) mass is 209 g/mol. The summed E-state index contributed by atoms with van der Waals surface area (Å²) in [5.41, 5.74) is 2.43. The molecule has 0 atom stereocenters. The van der Waals surface area contributed by atoms with Gasteiger partial charge in [0.15, 0.2) is 5.69 Å². The van der Waals surface area contributed by atoms with Gasteiger partial charge in [0.2, 0.25) is 0 Å². The summed E-state index contributed by atoms with van der Waals surface area (Å²) in [5, 5.41) is 9.73. The first-order valence-corrected chi connectivity index (χ1v) is 5.25. The first kappa shape index (κ1) is 10.2. The van der Waals surface area contributed by atoms with Gasteiger partial charge in [0.1, 0.15) is 0 Å². The molecule has 0 bridgehead atoms. The minimum atomic E-state index is -0.111. The third kappa shape index (κ3) is 2.02. The number of hydrogen-bond donors (Lipinski definition) is 2. The van der Waals surface area contributed by atoms with Gasteiger partial charge in [-0.3, -0.25) is 9.89 Å². The van der Waals surface area contributed by atoms with E-state index >= 15 is 0 Å². The molecule has 0 unspecified atom stereocenters. The Balaban J connectivity index is 2.14. The third-order valence-corrected chi connectivity index (χ3v) is 2.45. The number of H-pyrrole nitrogens is 1. The SMILES string of the molecule is CCCNC(=O)c1n[nH]c2c1COCC2. The molecular weight excluding hydrogens is 194 g/mol. The fraction of sp³-hybridized carbons (Fsp3) is 0.600. The van der Waals surface area contributed by atoms with Crippen molar-refractivity contribution in [3.05, 3.63) is 17.0 Å². The molecule has 0 fully saturated rings. The first-order chi connectivity index (χ1) is 7.33. The minimum absolute atomic E-state index is 0.111. The largest absolute Gasteiger partial charge is 0.376 e. The van der Waals surface area contributed by atoms with Crippen LogP contribution < -0.4 is 5.32 Å². The van der Waals surface area contributed by atoms with Crippen molar-refractivity contribution in [2.45, 2.75) is 26.4 Å². The second kappa shape index (κ2) is 4.44. The minimum Gasteiger partial charge on any atom is -0.376 e. The summed E-state index contributed by atoms with van der Waals surface area (Å²) in [6.07, 6.45) is 1.73. The molecule has 0 radical (unpaired) electrons. The van der Waals surface area contributed by atoms with Gasteiger partial charge in [-0.25, -0.2) is 0 Å². The van der Waals surface area contributed by atoms with Crippen molar-refractivity contribution in [2.75, 3.05) is 13.2 Å². The lowest BCUT2D eigenvalue weighted by molar-refractivity contribution is 0.0925. The van der Waals surface area contributed by atoms with E-state index in [1.165, 1.54) is 0 Å². The normalized spacial score (nSPS) is 14.7. The summed E-state index contributed by atoms with van der Waals surface area (Å²) in [6.45, 7) is 3.89. The Kier molecular flexibility index (Phi) is 3.01. The van der Waals surface area contributed by atoms with Crippen LogP contribution in [0.2, 0.25) is 0 Å². The summed E-state index contributed by atoms with van der Waals surface area (Å²) in [7, 11) is 0. The highest BCUT2D eigenvalue weighted by molar-refractivity contribution is 5.93. The number of nitrogens with one attached hydrogen (secondary N) is 2. The quantitative estimate of drug-likeness (QED) is 0.767. The Hall–Kier alpha value is -1.36. The van der Waals surface area contributed by atoms with Crippen LogP contribution in [-0.4, -0.2) is 29.3 Å². The maximum Gasteiger partial charge on any atom is 0.272 e. The van der Waals surface area contributed by atoms with Gasteiger partial charge >= 0.3 is 0 Å². The maximum absolute atomic E-state index is 11.7. The van der Waals surface area contributed by atoms with E-state index in [-0.39, 0.29) is 5.91 Å². The number of aromatic amines is 1. The molecule has 0 spiro atoms. The van der Waals surface area contributed by atoms with Gasteiger partial charge in [0.05, 0.1) is 13.2 Å². The maximum atomic E-state index is 11.7. The lowest BCUT2D eigenvalue weighted by atomic mass is 10.1. The number of nitrogens with zero attached hydrogens (tertiary/aromatic N) is 1. The Morgan fingerprint density at radius 1 is 1.67 bits per heavy atom. The number of fused-ring (bicyclic) bond motifs is 1. The van der Waals surface area contributed by atoms with Crippen LogP contribution in [0.25, 0.3) is 0 Å². The number of carbonyl (C=O) groups excluding carboxylic acids is 1. The van der Waals surface area contributed by atoms with Gasteiger partial charge in [-0.15, -0.1) is 0 Å². The fourth-order valence-corrected chi connectivity index (χ4v) is 1.62. The second-order valence-corrected chi connectivity index (χ2v) is 3.59. The molecular formula is C10H15N3O2. The zero-order valence-electron chi connectivity index (χ0n) is 8.80. The number of ether oxygens (including phenoxy) is 1. The van der Waals surface area contributed by atoms with Crippen LogP contribution in [0.4, 0.5) is 0 Å². The van der Waals surface area contributed by atoms with Crippen LogP contribution in [0.5, 0.6) is 0 Å². The topological polar surface area (TPSA) is 67.0 Å². The molecule has 5 nitrogen and oxygen atoms in total. The Morgan fingerprint density at radius 3 is 3.33 bits per heavy atom. The van der Waals surface area contributed by atoms with Crippen molar-refractivity contribution in [1.82, 2.24) is 15.5 Å². The molecule has 0 saturated carbocycles. The molecule has 1 aliphatic heterocycles. The summed E-state index contributed by atoms with van der Waals surface area (Å²) in [5.74, 6) is -0.111. The van der Waals surface area contributed by atoms with Gasteiger partial charge < -0.3 is 10.1 Å². The van der Waals surface area contributed by atoms with Crippen LogP contribution in [-0.2, 0) is 17.8 Å². The molecule has 1 aromatic rings. The highest BCUT2D eigenvalue weighted by atomic mass is 16.5. The first-order valence-electron chi connectivity index (χ1n) is 5.25. The predicted octanol–water partition coefficient (Wildman–Crippen LogP) is 0.622. The Morgan fingerprint density at radius 2 is 2.53 bits per heavy atom. The van der Waals surface area contributed by atoms with Gasteiger partial charge in [-0.2, -0.15) is 5.10 Å². The van der Waals surface area contributed by atoms with Crippen molar-refractivity contribution in [2.24, 2.45) is 0 Å². The van der Waals surface area contributed by atoms with Gasteiger partial charge in [0, 0.05) is 24.2 Å². The average molecular weight is 209 g/mol. The average Bonchev–Trinajstić information content (AvgIpc) is 2.69. The van der Waals surface area contributed by atoms with Crippen LogP contribution >= 0.6 is 0 Å². The standard InChI is InChI=1S/C10H15N3O2/c1-2-4-11-10(14)9-7-6-15-5-3-8(7)12-13-9/h2-6H2,1H3,(H,11,14)(H,12,13). The summed E-state index contributed by atoms with van der Waals surface area (Å²) < 4.78 is 5.31. The molecule has 15 heavy (non-hydrogen) atoms. The zero-order valence-corrected chi connectivity index (χ0v) is 8.80. The van der Waals surface area contributed by atoms with E-state index < -0.39 is 0 Å². The van der Waals surface area contributed by atoms with Crippen LogP contribution in [0.1, 0.15) is 35.1 Å². The highest BCUT2D eigenvalue weighted by Crippen LogP contribution is 2.17. The Labute approximate surface area is 88.2 Å². The zero-order chi connectivity index (χ0) is 10.7. The van der Waals surface area contributed by atoms with E-state index in [0.29, 0.717) is 25.5 Å². The van der Waals surface area contributed by atoms with Crippen molar-refractivity contribution in [3.8, 4) is 0 Å². The van der Waals surface area contributed by atoms with Crippen molar-refractivity contribution in [3.63, 3.8) is 0 Å². The molecule has 82 valence electrons. The van der Waals surface area contributed by atoms with E-state index in [4.69, 9.17) is 4.74 Å². The Bertz CT molecular complexity index is 360. The van der Waals surface area contributed by atoms with Crippen LogP contribution in [0.3, 0.4) is 0 Å². The molecule has 1 amide bonds. The molecule has 1 aliphatic rings. The third-order valence-electron chi connectivity index (χ3n) is 2.45. The molecule has 5 heteroatoms. The highest BCUT2D eigenvalue weighted by Gasteiger charge is 2.21. The predicted molar refractivity (Wildman–Crippen MR) is 54.6 cm³/mol. The molecule has 2 N–H and O–H groups in total. The lowest BCUT2D eigenvalue weighted by Gasteiger charge is -2.12. The summed E-state index contributed by atoms with van der Waals surface area (Å²) >= 11 is 0. The molecule has 2 heterocycles. The number of amides is 1. The molecule has 2 rings (SSSR count). The number of hydrogen-bond acceptors (Lipinski definition) is 3. The van der Waals surface area contributed by atoms with E-state index in [9.17, 15) is 4.79 Å². The van der Waals surface area contributed by atoms with Crippen molar-refractivity contribution in [1.29, 1.82) is 0 Å². The molecule has 0 aliphatic carbocycles. The number of rotatable bonds is 3. The van der Waals surface area contributed by atoms with Crippen molar-refractivity contribution < 1.29 is 9.53 Å². The molecule has 1 aromatic heterocycles. The van der Waals surface area contributed by atoms with E-state index in [1.807, 2.05) is 6.92 Å². The second-order valence-electron chi connectivity index (χ2n) is 3.59. The van der Waals surface area contributed by atoms with E-state index in [1.54, 1.807) is 0 Å². The van der Waals surface area contributed by atoms with E-state index in [2.05, 4.69) is 15.5 Å². The summed E-state index contributed by atoms with van der Waals surface area (Å²) in [4.78, 5) is 11.7. The van der Waals surface area contributed by atoms with Gasteiger partial charge in [-0.1, -0.05) is 6.92 Å². The van der Waals surface area contributed by atoms with Crippen molar-refractivity contribution >= 4 is 5.91 Å². The lowest BCUT2D eigenvalue weighted by Crippen LogP contribution is -2.26. The fourth-order valence-electron chi connectivity index (χ4n) is 1.62. The molecule has 0 aromatic carbocycles. The van der Waals surface area contributed by atoms with Gasteiger partial charge in [-0.05, 0) is 6.42 Å². The van der Waals surface area contributed by atoms with Crippen LogP contribution in [0, 0.1) is 0 Å². The summed E-state index contributed by atoms with van der Waals surface area (Å²) in [6, 6.07) is 0. The number of aromatic nitrogens is 2. The van der Waals surface area contributed by atoms with Crippen LogP contribution in [0.15, 0.2) is 0 Å². The van der Waals surface area contributed by atoms with Gasteiger partial charge in [0.25, 0.3) is 5.91 Å². The smallest absolute Gasteiger partial charge is 0.272 e. The molecule has 0 saturated heterocycles. The van der Waals surface area contributed by atoms with E-state index in [0.717, 1.165) is 24.1 Å². The number of carbonyl (C=O) groups is 1.